The Morgan fingerprint density at radius 2 is 2.00 bits per heavy atom. The number of nitrogens with one attached hydrogen (secondary N) is 1. The SMILES string of the molecule is Nc1ccc2c(c1)NC(=NCCc1ccccc1)CO2. The molecule has 102 valence electrons. The zero-order chi connectivity index (χ0) is 13.8. The van der Waals surface area contributed by atoms with Gasteiger partial charge in [0, 0.05) is 12.2 Å². The molecule has 0 unspecified atom stereocenters. The van der Waals surface area contributed by atoms with E-state index in [1.807, 2.05) is 36.4 Å². The third kappa shape index (κ3) is 2.91. The Balaban J connectivity index is 1.63. The molecule has 4 nitrogen and oxygen atoms in total. The van der Waals surface area contributed by atoms with Crippen molar-refractivity contribution in [1.29, 1.82) is 0 Å². The van der Waals surface area contributed by atoms with E-state index in [9.17, 15) is 0 Å². The average Bonchev–Trinajstić information content (AvgIpc) is 2.48. The molecule has 3 rings (SSSR count). The second-order valence-electron chi connectivity index (χ2n) is 4.73. The van der Waals surface area contributed by atoms with Gasteiger partial charge in [-0.1, -0.05) is 30.3 Å². The lowest BCUT2D eigenvalue weighted by atomic mass is 10.1. The van der Waals surface area contributed by atoms with Crippen LogP contribution in [0.5, 0.6) is 5.75 Å². The Morgan fingerprint density at radius 3 is 2.85 bits per heavy atom. The number of hydrogen-bond acceptors (Lipinski definition) is 3. The predicted octanol–water partition coefficient (Wildman–Crippen LogP) is 2.71. The van der Waals surface area contributed by atoms with Crippen molar-refractivity contribution in [3.8, 4) is 5.75 Å². The zero-order valence-corrected chi connectivity index (χ0v) is 11.2. The summed E-state index contributed by atoms with van der Waals surface area (Å²) >= 11 is 0. The fourth-order valence-corrected chi connectivity index (χ4v) is 2.16. The molecule has 0 atom stereocenters. The van der Waals surface area contributed by atoms with Crippen molar-refractivity contribution in [1.82, 2.24) is 0 Å². The summed E-state index contributed by atoms with van der Waals surface area (Å²) < 4.78 is 5.64. The maximum absolute atomic E-state index is 5.77. The molecule has 0 saturated carbocycles. The van der Waals surface area contributed by atoms with Crippen molar-refractivity contribution in [3.63, 3.8) is 0 Å². The molecule has 0 aromatic heterocycles. The Kier molecular flexibility index (Phi) is 3.54. The van der Waals surface area contributed by atoms with Gasteiger partial charge in [0.2, 0.25) is 0 Å². The Morgan fingerprint density at radius 1 is 1.15 bits per heavy atom. The highest BCUT2D eigenvalue weighted by Gasteiger charge is 2.14. The van der Waals surface area contributed by atoms with E-state index in [-0.39, 0.29) is 0 Å². The number of benzene rings is 2. The van der Waals surface area contributed by atoms with Crippen molar-refractivity contribution < 1.29 is 4.74 Å². The van der Waals surface area contributed by atoms with E-state index >= 15 is 0 Å². The third-order valence-corrected chi connectivity index (χ3v) is 3.19. The van der Waals surface area contributed by atoms with Gasteiger partial charge >= 0.3 is 0 Å². The highest BCUT2D eigenvalue weighted by Crippen LogP contribution is 2.29. The van der Waals surface area contributed by atoms with Crippen LogP contribution >= 0.6 is 0 Å². The minimum Gasteiger partial charge on any atom is -0.484 e. The Labute approximate surface area is 118 Å². The van der Waals surface area contributed by atoms with Crippen LogP contribution in [0.2, 0.25) is 0 Å². The van der Waals surface area contributed by atoms with Crippen LogP contribution in [0.4, 0.5) is 11.4 Å². The van der Waals surface area contributed by atoms with Gasteiger partial charge < -0.3 is 15.8 Å². The molecule has 2 aromatic rings. The van der Waals surface area contributed by atoms with E-state index in [0.717, 1.165) is 30.2 Å². The molecule has 20 heavy (non-hydrogen) atoms. The molecule has 0 radical (unpaired) electrons. The van der Waals surface area contributed by atoms with Crippen LogP contribution in [0.25, 0.3) is 0 Å². The quantitative estimate of drug-likeness (QED) is 0.841. The van der Waals surface area contributed by atoms with Crippen molar-refractivity contribution >= 4 is 17.2 Å². The average molecular weight is 267 g/mol. The minimum atomic E-state index is 0.478. The lowest BCUT2D eigenvalue weighted by Gasteiger charge is -2.21. The number of nitrogen functional groups attached to an aromatic ring is 1. The van der Waals surface area contributed by atoms with Gasteiger partial charge in [0.05, 0.1) is 5.69 Å². The fourth-order valence-electron chi connectivity index (χ4n) is 2.16. The first-order valence-corrected chi connectivity index (χ1v) is 6.68. The van der Waals surface area contributed by atoms with Gasteiger partial charge in [0.1, 0.15) is 18.2 Å². The monoisotopic (exact) mass is 267 g/mol. The first kappa shape index (κ1) is 12.5. The number of anilines is 2. The van der Waals surface area contributed by atoms with E-state index in [2.05, 4.69) is 22.4 Å². The molecule has 1 aliphatic heterocycles. The molecule has 4 heteroatoms. The number of nitrogens with two attached hydrogens (primary N) is 1. The lowest BCUT2D eigenvalue weighted by Crippen LogP contribution is -2.26. The molecule has 0 bridgehead atoms. The van der Waals surface area contributed by atoms with Gasteiger partial charge in [0.15, 0.2) is 0 Å². The van der Waals surface area contributed by atoms with Gasteiger partial charge in [-0.05, 0) is 30.2 Å². The molecular formula is C16H17N3O. The van der Waals surface area contributed by atoms with E-state index in [0.29, 0.717) is 12.3 Å². The van der Waals surface area contributed by atoms with Crippen LogP contribution in [-0.2, 0) is 6.42 Å². The van der Waals surface area contributed by atoms with E-state index in [1.165, 1.54) is 5.56 Å². The number of nitrogens with zero attached hydrogens (tertiary/aromatic N) is 1. The second kappa shape index (κ2) is 5.65. The maximum atomic E-state index is 5.77. The number of rotatable bonds is 3. The molecule has 0 fully saturated rings. The summed E-state index contributed by atoms with van der Waals surface area (Å²) in [6, 6.07) is 15.9. The van der Waals surface area contributed by atoms with Crippen LogP contribution < -0.4 is 15.8 Å². The molecule has 1 aliphatic rings. The molecule has 1 heterocycles. The fraction of sp³-hybridized carbons (Fsp3) is 0.188. The van der Waals surface area contributed by atoms with Crippen molar-refractivity contribution in [3.05, 3.63) is 54.1 Å². The van der Waals surface area contributed by atoms with Gasteiger partial charge in [-0.3, -0.25) is 4.99 Å². The number of fused-ring (bicyclic) bond motifs is 1. The lowest BCUT2D eigenvalue weighted by molar-refractivity contribution is 0.372. The van der Waals surface area contributed by atoms with Gasteiger partial charge in [-0.25, -0.2) is 0 Å². The smallest absolute Gasteiger partial charge is 0.145 e. The van der Waals surface area contributed by atoms with Crippen molar-refractivity contribution in [2.24, 2.45) is 4.99 Å². The standard InChI is InChI=1S/C16H17N3O/c17-13-6-7-15-14(10-13)19-16(11-20-15)18-9-8-12-4-2-1-3-5-12/h1-7,10H,8-9,11,17H2,(H,18,19). The molecular weight excluding hydrogens is 250 g/mol. The van der Waals surface area contributed by atoms with Gasteiger partial charge in [-0.15, -0.1) is 0 Å². The van der Waals surface area contributed by atoms with E-state index < -0.39 is 0 Å². The van der Waals surface area contributed by atoms with Crippen LogP contribution in [-0.4, -0.2) is 19.0 Å². The highest BCUT2D eigenvalue weighted by molar-refractivity contribution is 6.00. The summed E-state index contributed by atoms with van der Waals surface area (Å²) in [5.41, 5.74) is 8.66. The number of ether oxygens (including phenoxy) is 1. The van der Waals surface area contributed by atoms with E-state index in [1.54, 1.807) is 0 Å². The summed E-state index contributed by atoms with van der Waals surface area (Å²) in [5, 5.41) is 3.27. The number of amidine groups is 1. The molecule has 0 aliphatic carbocycles. The number of aliphatic imine (C=N–C) groups is 1. The molecule has 0 amide bonds. The van der Waals surface area contributed by atoms with Crippen LogP contribution in [0.1, 0.15) is 5.56 Å². The molecule has 2 aromatic carbocycles. The van der Waals surface area contributed by atoms with Crippen LogP contribution in [0, 0.1) is 0 Å². The first-order chi connectivity index (χ1) is 9.81. The first-order valence-electron chi connectivity index (χ1n) is 6.68. The highest BCUT2D eigenvalue weighted by atomic mass is 16.5. The second-order valence-corrected chi connectivity index (χ2v) is 4.73. The Hall–Kier alpha value is -2.49. The summed E-state index contributed by atoms with van der Waals surface area (Å²) in [4.78, 5) is 4.55. The van der Waals surface area contributed by atoms with Crippen molar-refractivity contribution in [2.45, 2.75) is 6.42 Å². The third-order valence-electron chi connectivity index (χ3n) is 3.19. The summed E-state index contributed by atoms with van der Waals surface area (Å²) in [6.07, 6.45) is 0.926. The van der Waals surface area contributed by atoms with Crippen LogP contribution in [0.15, 0.2) is 53.5 Å². The van der Waals surface area contributed by atoms with Gasteiger partial charge in [-0.2, -0.15) is 0 Å². The number of hydrogen-bond donors (Lipinski definition) is 2. The minimum absolute atomic E-state index is 0.478. The van der Waals surface area contributed by atoms with E-state index in [4.69, 9.17) is 10.5 Å². The molecule has 0 spiro atoms. The normalized spacial score (nSPS) is 15.3. The van der Waals surface area contributed by atoms with Crippen molar-refractivity contribution in [2.75, 3.05) is 24.2 Å². The largest absolute Gasteiger partial charge is 0.484 e. The molecule has 0 saturated heterocycles. The summed E-state index contributed by atoms with van der Waals surface area (Å²) in [5.74, 6) is 1.67. The predicted molar refractivity (Wildman–Crippen MR) is 82.4 cm³/mol. The summed E-state index contributed by atoms with van der Waals surface area (Å²) in [7, 11) is 0. The van der Waals surface area contributed by atoms with Gasteiger partial charge in [0.25, 0.3) is 0 Å². The molecule has 3 N–H and O–H groups in total. The Bertz CT molecular complexity index is 623. The zero-order valence-electron chi connectivity index (χ0n) is 11.2. The van der Waals surface area contributed by atoms with Crippen LogP contribution in [0.3, 0.4) is 0 Å². The maximum Gasteiger partial charge on any atom is 0.145 e. The topological polar surface area (TPSA) is 59.6 Å². The summed E-state index contributed by atoms with van der Waals surface area (Å²) in [6.45, 7) is 1.22.